The highest BCUT2D eigenvalue weighted by atomic mass is 16.6. The van der Waals surface area contributed by atoms with Crippen molar-refractivity contribution in [1.29, 1.82) is 0 Å². The third kappa shape index (κ3) is 5.61. The van der Waals surface area contributed by atoms with Crippen molar-refractivity contribution < 1.29 is 29.5 Å². The lowest BCUT2D eigenvalue weighted by Gasteiger charge is -2.31. The first-order valence-electron chi connectivity index (χ1n) is 9.01. The summed E-state index contributed by atoms with van der Waals surface area (Å²) in [6, 6.07) is 7.04. The second kappa shape index (κ2) is 9.63. The van der Waals surface area contributed by atoms with Gasteiger partial charge in [0.2, 0.25) is 0 Å². The number of hydrogen-bond donors (Lipinski definition) is 1. The van der Waals surface area contributed by atoms with E-state index in [9.17, 15) is 4.79 Å². The monoisotopic (exact) mass is 352 g/mol. The highest BCUT2D eigenvalue weighted by Gasteiger charge is 2.35. The molecule has 0 amide bonds. The molecular formula is C19H30NO5+. The molecule has 0 aromatic heterocycles. The van der Waals surface area contributed by atoms with E-state index in [0.29, 0.717) is 18.8 Å². The maximum absolute atomic E-state index is 12.1. The van der Waals surface area contributed by atoms with Crippen LogP contribution >= 0.6 is 0 Å². The van der Waals surface area contributed by atoms with Gasteiger partial charge in [0.1, 0.15) is 17.6 Å². The van der Waals surface area contributed by atoms with Crippen LogP contribution in [0.5, 0.6) is 11.5 Å². The van der Waals surface area contributed by atoms with E-state index in [1.807, 2.05) is 31.2 Å². The average Bonchev–Trinajstić information content (AvgIpc) is 2.66. The fraction of sp³-hybridized carbons (Fsp3) is 0.632. The van der Waals surface area contributed by atoms with E-state index in [2.05, 4.69) is 12.7 Å². The normalized spacial score (nSPS) is 27.6. The van der Waals surface area contributed by atoms with Crippen molar-refractivity contribution in [2.45, 2.75) is 63.9 Å². The zero-order chi connectivity index (χ0) is 18.2. The third-order valence-electron chi connectivity index (χ3n) is 4.37. The molecule has 6 nitrogen and oxygen atoms in total. The number of benzene rings is 1. The molecule has 1 heterocycles. The zero-order valence-corrected chi connectivity index (χ0v) is 15.4. The van der Waals surface area contributed by atoms with Crippen molar-refractivity contribution in [1.82, 2.24) is 0 Å². The van der Waals surface area contributed by atoms with Gasteiger partial charge in [-0.1, -0.05) is 6.92 Å². The SMILES string of the molecule is CCCO[C@H]1CCC[C@H]([NH3+])C(=O)O[C@@H](C)[C@@H]1Oc1ccc(OC)cc1. The van der Waals surface area contributed by atoms with Crippen molar-refractivity contribution in [2.75, 3.05) is 13.7 Å². The Kier molecular flexibility index (Phi) is 7.52. The number of carbonyl (C=O) groups is 1. The van der Waals surface area contributed by atoms with Crippen LogP contribution in [-0.2, 0) is 14.3 Å². The topological polar surface area (TPSA) is 81.6 Å². The Morgan fingerprint density at radius 2 is 1.88 bits per heavy atom. The molecule has 0 spiro atoms. The number of quaternary nitrogens is 1. The summed E-state index contributed by atoms with van der Waals surface area (Å²) >= 11 is 0. The standard InChI is InChI=1S/C19H29NO5/c1-4-12-23-17-7-5-6-16(20)19(21)24-13(2)18(17)25-15-10-8-14(22-3)9-11-15/h8-11,13,16-18H,4-7,12,20H2,1-3H3/p+1/t13-,16-,17-,18-/m0/s1. The van der Waals surface area contributed by atoms with Gasteiger partial charge < -0.3 is 24.7 Å². The number of cyclic esters (lactones) is 1. The molecule has 140 valence electrons. The van der Waals surface area contributed by atoms with E-state index in [0.717, 1.165) is 25.0 Å². The number of esters is 1. The summed E-state index contributed by atoms with van der Waals surface area (Å²) in [6.45, 7) is 4.58. The van der Waals surface area contributed by atoms with Crippen LogP contribution in [0.15, 0.2) is 24.3 Å². The van der Waals surface area contributed by atoms with Gasteiger partial charge in [0, 0.05) is 13.0 Å². The number of ether oxygens (including phenoxy) is 4. The molecule has 6 heteroatoms. The van der Waals surface area contributed by atoms with Crippen LogP contribution in [0.4, 0.5) is 0 Å². The Morgan fingerprint density at radius 3 is 2.52 bits per heavy atom. The molecule has 0 radical (unpaired) electrons. The van der Waals surface area contributed by atoms with E-state index < -0.39 is 6.10 Å². The lowest BCUT2D eigenvalue weighted by molar-refractivity contribution is -0.410. The zero-order valence-electron chi connectivity index (χ0n) is 15.4. The van der Waals surface area contributed by atoms with Crippen molar-refractivity contribution in [3.8, 4) is 11.5 Å². The molecule has 0 saturated carbocycles. The van der Waals surface area contributed by atoms with Crippen LogP contribution in [0.1, 0.15) is 39.5 Å². The maximum atomic E-state index is 12.1. The van der Waals surface area contributed by atoms with Crippen molar-refractivity contribution >= 4 is 5.97 Å². The van der Waals surface area contributed by atoms with Gasteiger partial charge in [-0.2, -0.15) is 0 Å². The molecule has 25 heavy (non-hydrogen) atoms. The van der Waals surface area contributed by atoms with E-state index >= 15 is 0 Å². The molecule has 1 fully saturated rings. The van der Waals surface area contributed by atoms with Crippen molar-refractivity contribution in [3.63, 3.8) is 0 Å². The second-order valence-electron chi connectivity index (χ2n) is 6.44. The third-order valence-corrected chi connectivity index (χ3v) is 4.37. The largest absolute Gasteiger partial charge is 0.497 e. The molecular weight excluding hydrogens is 322 g/mol. The van der Waals surface area contributed by atoms with Crippen LogP contribution in [0, 0.1) is 0 Å². The molecule has 1 aromatic rings. The highest BCUT2D eigenvalue weighted by Crippen LogP contribution is 2.25. The number of methoxy groups -OCH3 is 1. The van der Waals surface area contributed by atoms with Gasteiger partial charge in [-0.25, -0.2) is 4.79 Å². The molecule has 3 N–H and O–H groups in total. The number of hydrogen-bond acceptors (Lipinski definition) is 5. The van der Waals surface area contributed by atoms with Crippen molar-refractivity contribution in [2.24, 2.45) is 0 Å². The number of rotatable bonds is 6. The summed E-state index contributed by atoms with van der Waals surface area (Å²) in [4.78, 5) is 12.1. The first kappa shape index (κ1) is 19.5. The van der Waals surface area contributed by atoms with Crippen LogP contribution in [0.3, 0.4) is 0 Å². The molecule has 0 bridgehead atoms. The molecule has 1 aromatic carbocycles. The second-order valence-corrected chi connectivity index (χ2v) is 6.44. The summed E-state index contributed by atoms with van der Waals surface area (Å²) in [5.74, 6) is 1.19. The predicted molar refractivity (Wildman–Crippen MR) is 93.5 cm³/mol. The summed E-state index contributed by atoms with van der Waals surface area (Å²) in [5, 5.41) is 0. The predicted octanol–water partition coefficient (Wildman–Crippen LogP) is 1.96. The lowest BCUT2D eigenvalue weighted by atomic mass is 10.0. The first-order valence-corrected chi connectivity index (χ1v) is 9.01. The Balaban J connectivity index is 2.18. The van der Waals surface area contributed by atoms with Gasteiger partial charge in [-0.05, 0) is 50.5 Å². The van der Waals surface area contributed by atoms with Gasteiger partial charge in [0.25, 0.3) is 0 Å². The molecule has 1 saturated heterocycles. The average molecular weight is 352 g/mol. The summed E-state index contributed by atoms with van der Waals surface area (Å²) in [7, 11) is 1.62. The molecule has 0 unspecified atom stereocenters. The van der Waals surface area contributed by atoms with Gasteiger partial charge in [0.15, 0.2) is 12.1 Å². The van der Waals surface area contributed by atoms with E-state index in [4.69, 9.17) is 18.9 Å². The molecule has 0 aliphatic carbocycles. The number of carbonyl (C=O) groups excluding carboxylic acids is 1. The fourth-order valence-corrected chi connectivity index (χ4v) is 2.93. The Morgan fingerprint density at radius 1 is 1.20 bits per heavy atom. The lowest BCUT2D eigenvalue weighted by Crippen LogP contribution is -2.65. The molecule has 2 rings (SSSR count). The molecule has 1 aliphatic rings. The quantitative estimate of drug-likeness (QED) is 0.792. The molecule has 1 aliphatic heterocycles. The summed E-state index contributed by atoms with van der Waals surface area (Å²) in [6.07, 6.45) is 2.38. The van der Waals surface area contributed by atoms with Crippen LogP contribution in [0.25, 0.3) is 0 Å². The Hall–Kier alpha value is -1.79. The first-order chi connectivity index (χ1) is 12.0. The van der Waals surface area contributed by atoms with Crippen molar-refractivity contribution in [3.05, 3.63) is 24.3 Å². The van der Waals surface area contributed by atoms with Crippen LogP contribution in [0.2, 0.25) is 0 Å². The minimum atomic E-state index is -0.418. The van der Waals surface area contributed by atoms with E-state index in [1.54, 1.807) is 7.11 Å². The van der Waals surface area contributed by atoms with Gasteiger partial charge in [-0.15, -0.1) is 0 Å². The van der Waals surface area contributed by atoms with Gasteiger partial charge >= 0.3 is 5.97 Å². The van der Waals surface area contributed by atoms with E-state index in [1.165, 1.54) is 0 Å². The van der Waals surface area contributed by atoms with Crippen LogP contribution in [-0.4, -0.2) is 44.0 Å². The Labute approximate surface area is 149 Å². The van der Waals surface area contributed by atoms with Crippen LogP contribution < -0.4 is 15.2 Å². The molecule has 4 atom stereocenters. The smallest absolute Gasteiger partial charge is 0.365 e. The minimum absolute atomic E-state index is 0.129. The fourth-order valence-electron chi connectivity index (χ4n) is 2.93. The summed E-state index contributed by atoms with van der Waals surface area (Å²) < 4.78 is 23.0. The minimum Gasteiger partial charge on any atom is -0.497 e. The highest BCUT2D eigenvalue weighted by molar-refractivity contribution is 5.74. The summed E-state index contributed by atoms with van der Waals surface area (Å²) in [5.41, 5.74) is 3.90. The van der Waals surface area contributed by atoms with Gasteiger partial charge in [-0.3, -0.25) is 0 Å². The Bertz CT molecular complexity index is 533. The van der Waals surface area contributed by atoms with E-state index in [-0.39, 0.29) is 24.2 Å². The van der Waals surface area contributed by atoms with Gasteiger partial charge in [0.05, 0.1) is 13.2 Å². The maximum Gasteiger partial charge on any atom is 0.365 e.